The van der Waals surface area contributed by atoms with Crippen molar-refractivity contribution in [1.82, 2.24) is 0 Å². The Labute approximate surface area is 70.2 Å². The Hall–Kier alpha value is -0.230. The van der Waals surface area contributed by atoms with Crippen molar-refractivity contribution in [2.75, 3.05) is 18.3 Å². The van der Waals surface area contributed by atoms with E-state index < -0.39 is 10.4 Å². The van der Waals surface area contributed by atoms with Crippen LogP contribution in [-0.2, 0) is 0 Å². The molecule has 0 N–H and O–H groups in total. The van der Waals surface area contributed by atoms with Gasteiger partial charge in [0.15, 0.2) is 0 Å². The zero-order valence-corrected chi connectivity index (χ0v) is 8.25. The molecule has 0 aliphatic rings. The third-order valence-electron chi connectivity index (χ3n) is 1.54. The summed E-state index contributed by atoms with van der Waals surface area (Å²) in [6.45, 7) is 1.99. The molecule has 0 bridgehead atoms. The van der Waals surface area contributed by atoms with E-state index in [0.29, 0.717) is 18.1 Å². The molecule has 1 unspecified atom stereocenters. The summed E-state index contributed by atoms with van der Waals surface area (Å²) in [6.07, 6.45) is 4.71. The summed E-state index contributed by atoms with van der Waals surface area (Å²) < 4.78 is 13.0. The predicted octanol–water partition coefficient (Wildman–Crippen LogP) is 2.87. The second-order valence-corrected chi connectivity index (χ2v) is 6.58. The zero-order chi connectivity index (χ0) is 8.91. The minimum Gasteiger partial charge on any atom is -0.198 e. The summed E-state index contributed by atoms with van der Waals surface area (Å²) in [5.74, 6) is 0.984. The highest BCUT2D eigenvalue weighted by atomic mass is 32.3. The first-order valence-corrected chi connectivity index (χ1v) is 6.25. The maximum absolute atomic E-state index is 13.0. The molecule has 0 aliphatic heterocycles. The average molecular weight is 177 g/mol. The maximum Gasteiger partial charge on any atom is 0.0624 e. The second-order valence-electron chi connectivity index (χ2n) is 3.36. The molecule has 0 aromatic heterocycles. The summed E-state index contributed by atoms with van der Waals surface area (Å²) in [5.41, 5.74) is 0. The van der Waals surface area contributed by atoms with Gasteiger partial charge in [0.05, 0.1) is 6.07 Å². The molecular formula is C8H16FNS. The number of rotatable bonds is 4. The van der Waals surface area contributed by atoms with Gasteiger partial charge < -0.3 is 0 Å². The summed E-state index contributed by atoms with van der Waals surface area (Å²) in [6, 6.07) is 2.09. The monoisotopic (exact) mass is 177 g/mol. The van der Waals surface area contributed by atoms with Crippen molar-refractivity contribution in [2.45, 2.75) is 19.8 Å². The lowest BCUT2D eigenvalue weighted by atomic mass is 10.1. The van der Waals surface area contributed by atoms with Crippen LogP contribution in [0.4, 0.5) is 3.89 Å². The minimum absolute atomic E-state index is 0.350. The molecule has 0 aromatic rings. The second kappa shape index (κ2) is 4.61. The molecule has 1 atom stereocenters. The highest BCUT2D eigenvalue weighted by Gasteiger charge is 2.11. The van der Waals surface area contributed by atoms with Crippen molar-refractivity contribution in [3.8, 4) is 6.07 Å². The van der Waals surface area contributed by atoms with E-state index in [4.69, 9.17) is 5.26 Å². The van der Waals surface area contributed by atoms with Crippen LogP contribution in [0.1, 0.15) is 19.8 Å². The van der Waals surface area contributed by atoms with Crippen LogP contribution in [0.2, 0.25) is 0 Å². The standard InChI is InChI=1S/C8H16FNS/c1-8(4-6-10)5-7-11(2,3)9/h8H,4-5,7H2,1-3H3. The largest absolute Gasteiger partial charge is 0.198 e. The van der Waals surface area contributed by atoms with Gasteiger partial charge in [-0.15, -0.1) is 0 Å². The Morgan fingerprint density at radius 2 is 2.09 bits per heavy atom. The molecule has 0 amide bonds. The molecule has 11 heavy (non-hydrogen) atoms. The molecule has 1 nitrogen and oxygen atoms in total. The number of nitrogens with zero attached hydrogens (tertiary/aromatic N) is 1. The summed E-state index contributed by atoms with van der Waals surface area (Å²) >= 11 is 0. The van der Waals surface area contributed by atoms with Crippen LogP contribution in [0.5, 0.6) is 0 Å². The molecule has 66 valence electrons. The molecule has 0 spiro atoms. The molecule has 0 saturated carbocycles. The summed E-state index contributed by atoms with van der Waals surface area (Å²) in [4.78, 5) is 0. The van der Waals surface area contributed by atoms with E-state index in [0.717, 1.165) is 6.42 Å². The number of halogens is 1. The molecule has 0 heterocycles. The van der Waals surface area contributed by atoms with Gasteiger partial charge in [-0.3, -0.25) is 0 Å². The first-order valence-electron chi connectivity index (χ1n) is 3.73. The summed E-state index contributed by atoms with van der Waals surface area (Å²) in [5, 5.41) is 8.33. The van der Waals surface area contributed by atoms with Crippen molar-refractivity contribution in [3.63, 3.8) is 0 Å². The van der Waals surface area contributed by atoms with E-state index in [1.807, 2.05) is 6.92 Å². The van der Waals surface area contributed by atoms with Crippen LogP contribution >= 0.6 is 10.4 Å². The highest BCUT2D eigenvalue weighted by Crippen LogP contribution is 2.42. The average Bonchev–Trinajstić information content (AvgIpc) is 1.83. The lowest BCUT2D eigenvalue weighted by molar-refractivity contribution is 0.578. The van der Waals surface area contributed by atoms with Gasteiger partial charge in [0, 0.05) is 12.2 Å². The van der Waals surface area contributed by atoms with Gasteiger partial charge in [-0.05, 0) is 24.9 Å². The quantitative estimate of drug-likeness (QED) is 0.647. The third-order valence-corrected chi connectivity index (χ3v) is 2.74. The van der Waals surface area contributed by atoms with Gasteiger partial charge in [0.2, 0.25) is 0 Å². The van der Waals surface area contributed by atoms with Gasteiger partial charge in [-0.2, -0.15) is 9.15 Å². The van der Waals surface area contributed by atoms with Crippen LogP contribution in [-0.4, -0.2) is 18.3 Å². The number of hydrogen-bond donors (Lipinski definition) is 0. The normalized spacial score (nSPS) is 15.5. The molecule has 3 heteroatoms. The molecule has 0 saturated heterocycles. The van der Waals surface area contributed by atoms with Crippen LogP contribution in [0.15, 0.2) is 0 Å². The van der Waals surface area contributed by atoms with E-state index in [2.05, 4.69) is 6.07 Å². The first kappa shape index (κ1) is 10.8. The first-order chi connectivity index (χ1) is 4.95. The number of hydrogen-bond acceptors (Lipinski definition) is 1. The molecule has 0 aromatic carbocycles. The Balaban J connectivity index is 3.48. The van der Waals surface area contributed by atoms with Crippen molar-refractivity contribution >= 4 is 10.4 Å². The van der Waals surface area contributed by atoms with Crippen LogP contribution in [0.3, 0.4) is 0 Å². The third kappa shape index (κ3) is 7.67. The molecule has 0 radical (unpaired) electrons. The predicted molar refractivity (Wildman–Crippen MR) is 49.4 cm³/mol. The smallest absolute Gasteiger partial charge is 0.0624 e. The van der Waals surface area contributed by atoms with Gasteiger partial charge in [0.25, 0.3) is 0 Å². The Morgan fingerprint density at radius 1 is 1.55 bits per heavy atom. The fourth-order valence-corrected chi connectivity index (χ4v) is 1.70. The Morgan fingerprint density at radius 3 is 2.45 bits per heavy atom. The van der Waals surface area contributed by atoms with Crippen LogP contribution in [0, 0.1) is 17.2 Å². The molecule has 0 aliphatic carbocycles. The van der Waals surface area contributed by atoms with Crippen molar-refractivity contribution < 1.29 is 3.89 Å². The van der Waals surface area contributed by atoms with Crippen molar-refractivity contribution in [2.24, 2.45) is 5.92 Å². The molecule has 0 rings (SSSR count). The lowest BCUT2D eigenvalue weighted by Gasteiger charge is -2.20. The van der Waals surface area contributed by atoms with E-state index >= 15 is 0 Å². The highest BCUT2D eigenvalue weighted by molar-refractivity contribution is 8.28. The maximum atomic E-state index is 13.0. The van der Waals surface area contributed by atoms with Crippen molar-refractivity contribution in [1.29, 1.82) is 5.26 Å². The van der Waals surface area contributed by atoms with Gasteiger partial charge >= 0.3 is 0 Å². The van der Waals surface area contributed by atoms with Crippen LogP contribution in [0.25, 0.3) is 0 Å². The molecular weight excluding hydrogens is 161 g/mol. The van der Waals surface area contributed by atoms with Crippen LogP contribution < -0.4 is 0 Å². The topological polar surface area (TPSA) is 23.8 Å². The lowest BCUT2D eigenvalue weighted by Crippen LogP contribution is -2.01. The number of nitriles is 1. The zero-order valence-electron chi connectivity index (χ0n) is 7.43. The Bertz CT molecular complexity index is 145. The van der Waals surface area contributed by atoms with Crippen molar-refractivity contribution in [3.05, 3.63) is 0 Å². The van der Waals surface area contributed by atoms with E-state index in [1.54, 1.807) is 12.5 Å². The van der Waals surface area contributed by atoms with E-state index in [1.165, 1.54) is 0 Å². The minimum atomic E-state index is -1.85. The van der Waals surface area contributed by atoms with Gasteiger partial charge in [-0.1, -0.05) is 17.3 Å². The fourth-order valence-electron chi connectivity index (χ4n) is 0.739. The Kier molecular flexibility index (Phi) is 4.51. The fraction of sp³-hybridized carbons (Fsp3) is 0.875. The van der Waals surface area contributed by atoms with Gasteiger partial charge in [0.1, 0.15) is 0 Å². The van der Waals surface area contributed by atoms with E-state index in [-0.39, 0.29) is 0 Å². The SMILES string of the molecule is CC(CC#N)CCS(C)(C)F. The van der Waals surface area contributed by atoms with E-state index in [9.17, 15) is 3.89 Å². The summed E-state index contributed by atoms with van der Waals surface area (Å²) in [7, 11) is -1.85. The molecule has 0 fully saturated rings. The van der Waals surface area contributed by atoms with Gasteiger partial charge in [-0.25, -0.2) is 0 Å².